The zero-order valence-corrected chi connectivity index (χ0v) is 14.2. The van der Waals surface area contributed by atoms with E-state index in [1.165, 1.54) is 0 Å². The predicted octanol–water partition coefficient (Wildman–Crippen LogP) is 3.38. The summed E-state index contributed by atoms with van der Waals surface area (Å²) in [5.74, 6) is 0. The molecular weight excluding hydrogens is 270 g/mol. The van der Waals surface area contributed by atoms with Crippen molar-refractivity contribution in [2.75, 3.05) is 20.6 Å². The van der Waals surface area contributed by atoms with Crippen LogP contribution in [-0.4, -0.2) is 42.1 Å². The molecule has 1 aromatic heterocycles. The van der Waals surface area contributed by atoms with Gasteiger partial charge in [0.2, 0.25) is 0 Å². The van der Waals surface area contributed by atoms with Gasteiger partial charge in [-0.1, -0.05) is 25.4 Å². The van der Waals surface area contributed by atoms with Crippen LogP contribution >= 0.6 is 11.6 Å². The number of likely N-dealkylation sites (N-methyl/N-ethyl adjacent to an activating group) is 1. The molecule has 0 amide bonds. The molecule has 114 valence electrons. The predicted molar refractivity (Wildman–Crippen MR) is 87.4 cm³/mol. The van der Waals surface area contributed by atoms with E-state index in [0.29, 0.717) is 6.04 Å². The van der Waals surface area contributed by atoms with Crippen molar-refractivity contribution in [2.45, 2.75) is 51.6 Å². The van der Waals surface area contributed by atoms with Gasteiger partial charge in [0.15, 0.2) is 0 Å². The maximum Gasteiger partial charge on any atom is 0.0621 e. The van der Waals surface area contributed by atoms with E-state index in [-0.39, 0.29) is 5.54 Å². The van der Waals surface area contributed by atoms with Gasteiger partial charge in [-0.05, 0) is 58.5 Å². The summed E-state index contributed by atoms with van der Waals surface area (Å²) in [7, 11) is 4.30. The zero-order valence-electron chi connectivity index (χ0n) is 13.4. The van der Waals surface area contributed by atoms with Gasteiger partial charge >= 0.3 is 0 Å². The molecule has 2 unspecified atom stereocenters. The Morgan fingerprint density at radius 3 is 2.60 bits per heavy atom. The molecule has 0 aliphatic heterocycles. The first-order valence-electron chi connectivity index (χ1n) is 7.44. The molecule has 4 heteroatoms. The first kappa shape index (κ1) is 17.4. The van der Waals surface area contributed by atoms with Gasteiger partial charge in [0.25, 0.3) is 0 Å². The van der Waals surface area contributed by atoms with E-state index in [2.05, 4.69) is 50.1 Å². The Morgan fingerprint density at radius 1 is 1.40 bits per heavy atom. The molecule has 0 radical (unpaired) electrons. The van der Waals surface area contributed by atoms with Crippen molar-refractivity contribution in [3.05, 3.63) is 29.0 Å². The largest absolute Gasteiger partial charge is 0.312 e. The maximum absolute atomic E-state index is 6.27. The summed E-state index contributed by atoms with van der Waals surface area (Å²) in [4.78, 5) is 6.38. The monoisotopic (exact) mass is 297 g/mol. The third kappa shape index (κ3) is 4.18. The lowest BCUT2D eigenvalue weighted by molar-refractivity contribution is 0.112. The highest BCUT2D eigenvalue weighted by molar-refractivity contribution is 6.31. The van der Waals surface area contributed by atoms with Crippen LogP contribution in [0.4, 0.5) is 0 Å². The van der Waals surface area contributed by atoms with Crippen molar-refractivity contribution >= 4 is 11.6 Å². The number of rotatable bonds is 8. The summed E-state index contributed by atoms with van der Waals surface area (Å²) in [6, 6.07) is 2.39. The molecule has 2 atom stereocenters. The highest BCUT2D eigenvalue weighted by Crippen LogP contribution is 2.26. The summed E-state index contributed by atoms with van der Waals surface area (Å²) in [6.07, 6.45) is 6.69. The number of hydrogen-bond donors (Lipinski definition) is 1. The Hall–Kier alpha value is -0.640. The van der Waals surface area contributed by atoms with Crippen LogP contribution in [-0.2, 0) is 6.42 Å². The van der Waals surface area contributed by atoms with Crippen molar-refractivity contribution in [3.8, 4) is 0 Å². The van der Waals surface area contributed by atoms with E-state index in [1.807, 2.05) is 12.3 Å². The van der Waals surface area contributed by atoms with Crippen molar-refractivity contribution in [3.63, 3.8) is 0 Å². The first-order chi connectivity index (χ1) is 9.45. The number of pyridine rings is 1. The molecule has 0 bridgehead atoms. The second kappa shape index (κ2) is 7.96. The Morgan fingerprint density at radius 2 is 2.10 bits per heavy atom. The standard InChI is InChI=1S/C16H28ClN3/c1-6-9-19-15(16(3,7-2)20(4)5)11-13-8-10-18-12-14(13)17/h8,10,12,15,19H,6-7,9,11H2,1-5H3. The lowest BCUT2D eigenvalue weighted by atomic mass is 9.84. The highest BCUT2D eigenvalue weighted by atomic mass is 35.5. The molecule has 20 heavy (non-hydrogen) atoms. The molecule has 0 aromatic carbocycles. The molecule has 0 aliphatic rings. The summed E-state index contributed by atoms with van der Waals surface area (Å²) in [5.41, 5.74) is 1.26. The third-order valence-corrected chi connectivity index (χ3v) is 4.75. The smallest absolute Gasteiger partial charge is 0.0621 e. The highest BCUT2D eigenvalue weighted by Gasteiger charge is 2.34. The minimum atomic E-state index is 0.0990. The number of nitrogens with one attached hydrogen (secondary N) is 1. The molecule has 0 spiro atoms. The first-order valence-corrected chi connectivity index (χ1v) is 7.82. The SMILES string of the molecule is CCCNC(Cc1ccncc1Cl)C(C)(CC)N(C)C. The second-order valence-electron chi connectivity index (χ2n) is 5.78. The average Bonchev–Trinajstić information content (AvgIpc) is 2.44. The van der Waals surface area contributed by atoms with Crippen LogP contribution in [0.25, 0.3) is 0 Å². The fourth-order valence-electron chi connectivity index (χ4n) is 2.49. The number of nitrogens with zero attached hydrogens (tertiary/aromatic N) is 2. The number of aromatic nitrogens is 1. The Kier molecular flexibility index (Phi) is 6.93. The molecule has 1 N–H and O–H groups in total. The van der Waals surface area contributed by atoms with Gasteiger partial charge < -0.3 is 10.2 Å². The minimum Gasteiger partial charge on any atom is -0.312 e. The molecule has 0 saturated heterocycles. The van der Waals surface area contributed by atoms with E-state index in [1.54, 1.807) is 6.20 Å². The molecule has 1 rings (SSSR count). The molecule has 0 aliphatic carbocycles. The number of halogens is 1. The maximum atomic E-state index is 6.27. The van der Waals surface area contributed by atoms with E-state index in [0.717, 1.165) is 36.4 Å². The number of hydrogen-bond acceptors (Lipinski definition) is 3. The van der Waals surface area contributed by atoms with Crippen molar-refractivity contribution in [2.24, 2.45) is 0 Å². The Labute approximate surface area is 128 Å². The van der Waals surface area contributed by atoms with E-state index in [4.69, 9.17) is 11.6 Å². The average molecular weight is 298 g/mol. The van der Waals surface area contributed by atoms with Crippen molar-refractivity contribution in [1.29, 1.82) is 0 Å². The van der Waals surface area contributed by atoms with Gasteiger partial charge in [-0.2, -0.15) is 0 Å². The topological polar surface area (TPSA) is 28.2 Å². The Balaban J connectivity index is 2.97. The molecule has 1 heterocycles. The van der Waals surface area contributed by atoms with E-state index < -0.39 is 0 Å². The molecule has 0 fully saturated rings. The lowest BCUT2D eigenvalue weighted by Gasteiger charge is -2.43. The van der Waals surface area contributed by atoms with Crippen LogP contribution in [0.2, 0.25) is 5.02 Å². The van der Waals surface area contributed by atoms with Crippen LogP contribution in [0.3, 0.4) is 0 Å². The fourth-order valence-corrected chi connectivity index (χ4v) is 2.69. The van der Waals surface area contributed by atoms with Crippen molar-refractivity contribution < 1.29 is 0 Å². The van der Waals surface area contributed by atoms with E-state index >= 15 is 0 Å². The molecule has 3 nitrogen and oxygen atoms in total. The summed E-state index contributed by atoms with van der Waals surface area (Å²) >= 11 is 6.27. The van der Waals surface area contributed by atoms with E-state index in [9.17, 15) is 0 Å². The van der Waals surface area contributed by atoms with Crippen LogP contribution < -0.4 is 5.32 Å². The van der Waals surface area contributed by atoms with Gasteiger partial charge in [-0.15, -0.1) is 0 Å². The zero-order chi connectivity index (χ0) is 15.2. The quantitative estimate of drug-likeness (QED) is 0.797. The van der Waals surface area contributed by atoms with Crippen LogP contribution in [0.1, 0.15) is 39.2 Å². The molecule has 1 aromatic rings. The van der Waals surface area contributed by atoms with Gasteiger partial charge in [0.05, 0.1) is 5.02 Å². The lowest BCUT2D eigenvalue weighted by Crippen LogP contribution is -2.58. The fraction of sp³-hybridized carbons (Fsp3) is 0.688. The van der Waals surface area contributed by atoms with Crippen LogP contribution in [0.5, 0.6) is 0 Å². The normalized spacial score (nSPS) is 16.1. The van der Waals surface area contributed by atoms with Crippen LogP contribution in [0, 0.1) is 0 Å². The molecular formula is C16H28ClN3. The summed E-state index contributed by atoms with van der Waals surface area (Å²) in [5, 5.41) is 4.45. The molecule has 0 saturated carbocycles. The summed E-state index contributed by atoms with van der Waals surface area (Å²) in [6.45, 7) is 7.78. The van der Waals surface area contributed by atoms with Crippen molar-refractivity contribution in [1.82, 2.24) is 15.2 Å². The summed E-state index contributed by atoms with van der Waals surface area (Å²) < 4.78 is 0. The van der Waals surface area contributed by atoms with Gasteiger partial charge in [-0.25, -0.2) is 0 Å². The Bertz CT molecular complexity index is 408. The minimum absolute atomic E-state index is 0.0990. The second-order valence-corrected chi connectivity index (χ2v) is 6.19. The third-order valence-electron chi connectivity index (χ3n) is 4.41. The van der Waals surface area contributed by atoms with Crippen LogP contribution in [0.15, 0.2) is 18.5 Å². The van der Waals surface area contributed by atoms with Gasteiger partial charge in [0, 0.05) is 24.0 Å². The van der Waals surface area contributed by atoms with Gasteiger partial charge in [0.1, 0.15) is 0 Å². The van der Waals surface area contributed by atoms with Gasteiger partial charge in [-0.3, -0.25) is 4.98 Å².